The molecule has 2 atom stereocenters. The van der Waals surface area contributed by atoms with E-state index in [2.05, 4.69) is 28.3 Å². The molecule has 1 fully saturated rings. The lowest BCUT2D eigenvalue weighted by atomic mass is 10.1. The lowest BCUT2D eigenvalue weighted by Crippen LogP contribution is -2.40. The third-order valence-corrected chi connectivity index (χ3v) is 3.84. The first kappa shape index (κ1) is 13.5. The van der Waals surface area contributed by atoms with Crippen molar-refractivity contribution in [2.24, 2.45) is 7.05 Å². The summed E-state index contributed by atoms with van der Waals surface area (Å²) >= 11 is 0. The van der Waals surface area contributed by atoms with Crippen LogP contribution >= 0.6 is 0 Å². The highest BCUT2D eigenvalue weighted by Crippen LogP contribution is 2.20. The molecule has 2 N–H and O–H groups in total. The summed E-state index contributed by atoms with van der Waals surface area (Å²) in [6.07, 6.45) is 4.33. The fourth-order valence-electron chi connectivity index (χ4n) is 2.75. The maximum Gasteiger partial charge on any atom is 0.0558 e. The van der Waals surface area contributed by atoms with E-state index in [-0.39, 0.29) is 12.6 Å². The first-order chi connectivity index (χ1) is 8.72. The van der Waals surface area contributed by atoms with Gasteiger partial charge in [-0.1, -0.05) is 0 Å². The van der Waals surface area contributed by atoms with Gasteiger partial charge in [-0.2, -0.15) is 5.10 Å². The molecule has 1 aliphatic rings. The molecule has 1 saturated heterocycles. The number of nitrogens with one attached hydrogen (secondary N) is 1. The van der Waals surface area contributed by atoms with E-state index >= 15 is 0 Å². The van der Waals surface area contributed by atoms with Crippen LogP contribution in [0.3, 0.4) is 0 Å². The molecular weight excluding hydrogens is 228 g/mol. The molecule has 2 heterocycles. The number of aliphatic hydroxyl groups is 1. The molecule has 0 bridgehead atoms. The standard InChI is InChI=1S/C13H24N4O/c1-11(13-5-7-15-16(13)2)17(8-9-18)10-12-4-3-6-14-12/h5,7,11-12,14,18H,3-4,6,8-10H2,1-2H3. The third kappa shape index (κ3) is 3.10. The first-order valence-corrected chi connectivity index (χ1v) is 6.78. The Bertz CT molecular complexity index is 360. The highest BCUT2D eigenvalue weighted by molar-refractivity contribution is 5.06. The van der Waals surface area contributed by atoms with Crippen LogP contribution in [0.2, 0.25) is 0 Å². The molecule has 0 aromatic carbocycles. The zero-order chi connectivity index (χ0) is 13.0. The van der Waals surface area contributed by atoms with Crippen molar-refractivity contribution in [3.05, 3.63) is 18.0 Å². The number of rotatable bonds is 6. The molecule has 5 heteroatoms. The maximum atomic E-state index is 9.24. The van der Waals surface area contributed by atoms with Gasteiger partial charge >= 0.3 is 0 Å². The van der Waals surface area contributed by atoms with Gasteiger partial charge in [0.25, 0.3) is 0 Å². The quantitative estimate of drug-likeness (QED) is 0.775. The summed E-state index contributed by atoms with van der Waals surface area (Å²) in [6, 6.07) is 2.90. The minimum Gasteiger partial charge on any atom is -0.395 e. The van der Waals surface area contributed by atoms with Crippen molar-refractivity contribution in [2.45, 2.75) is 31.8 Å². The zero-order valence-electron chi connectivity index (χ0n) is 11.3. The van der Waals surface area contributed by atoms with Crippen molar-refractivity contribution >= 4 is 0 Å². The van der Waals surface area contributed by atoms with Gasteiger partial charge in [-0.05, 0) is 32.4 Å². The lowest BCUT2D eigenvalue weighted by Gasteiger charge is -2.30. The summed E-state index contributed by atoms with van der Waals surface area (Å²) in [4.78, 5) is 2.33. The van der Waals surface area contributed by atoms with Gasteiger partial charge in [-0.15, -0.1) is 0 Å². The number of hydrogen-bond donors (Lipinski definition) is 2. The van der Waals surface area contributed by atoms with E-state index in [1.807, 2.05) is 17.9 Å². The molecule has 102 valence electrons. The number of aryl methyl sites for hydroxylation is 1. The highest BCUT2D eigenvalue weighted by atomic mass is 16.3. The minimum atomic E-state index is 0.203. The molecule has 0 radical (unpaired) electrons. The Balaban J connectivity index is 2.01. The minimum absolute atomic E-state index is 0.203. The van der Waals surface area contributed by atoms with Gasteiger partial charge in [0, 0.05) is 38.4 Å². The van der Waals surface area contributed by atoms with E-state index in [1.54, 1.807) is 0 Å². The maximum absolute atomic E-state index is 9.24. The largest absolute Gasteiger partial charge is 0.395 e. The second-order valence-corrected chi connectivity index (χ2v) is 5.07. The molecule has 1 aromatic rings. The van der Waals surface area contributed by atoms with Gasteiger partial charge < -0.3 is 10.4 Å². The molecule has 1 aliphatic heterocycles. The molecular formula is C13H24N4O. The Morgan fingerprint density at radius 3 is 3.06 bits per heavy atom. The molecule has 18 heavy (non-hydrogen) atoms. The van der Waals surface area contributed by atoms with E-state index in [0.29, 0.717) is 12.6 Å². The van der Waals surface area contributed by atoms with Crippen LogP contribution in [-0.2, 0) is 7.05 Å². The molecule has 0 saturated carbocycles. The Morgan fingerprint density at radius 2 is 2.50 bits per heavy atom. The third-order valence-electron chi connectivity index (χ3n) is 3.84. The predicted octanol–water partition coefficient (Wildman–Crippen LogP) is 0.527. The number of aromatic nitrogens is 2. The molecule has 2 unspecified atom stereocenters. The van der Waals surface area contributed by atoms with Crippen LogP contribution in [0.25, 0.3) is 0 Å². The molecule has 0 aliphatic carbocycles. The smallest absolute Gasteiger partial charge is 0.0558 e. The molecule has 1 aromatic heterocycles. The van der Waals surface area contributed by atoms with Gasteiger partial charge in [-0.3, -0.25) is 9.58 Å². The highest BCUT2D eigenvalue weighted by Gasteiger charge is 2.23. The van der Waals surface area contributed by atoms with Crippen LogP contribution < -0.4 is 5.32 Å². The Hall–Kier alpha value is -0.910. The Labute approximate surface area is 109 Å². The zero-order valence-corrected chi connectivity index (χ0v) is 11.3. The second-order valence-electron chi connectivity index (χ2n) is 5.07. The van der Waals surface area contributed by atoms with Gasteiger partial charge in [0.1, 0.15) is 0 Å². The molecule has 0 amide bonds. The number of hydrogen-bond acceptors (Lipinski definition) is 4. The fraction of sp³-hybridized carbons (Fsp3) is 0.769. The SMILES string of the molecule is CC(c1ccnn1C)N(CCO)CC1CCCN1. The van der Waals surface area contributed by atoms with Crippen molar-refractivity contribution < 1.29 is 5.11 Å². The lowest BCUT2D eigenvalue weighted by molar-refractivity contribution is 0.143. The monoisotopic (exact) mass is 252 g/mol. The first-order valence-electron chi connectivity index (χ1n) is 6.78. The van der Waals surface area contributed by atoms with Crippen LogP contribution in [0.4, 0.5) is 0 Å². The van der Waals surface area contributed by atoms with Crippen LogP contribution in [0, 0.1) is 0 Å². The van der Waals surface area contributed by atoms with E-state index in [4.69, 9.17) is 0 Å². The summed E-state index contributed by atoms with van der Waals surface area (Å²) in [5, 5.41) is 17.0. The van der Waals surface area contributed by atoms with E-state index in [9.17, 15) is 5.11 Å². The van der Waals surface area contributed by atoms with Crippen LogP contribution in [-0.4, -0.2) is 52.1 Å². The number of aliphatic hydroxyl groups excluding tert-OH is 1. The fourth-order valence-corrected chi connectivity index (χ4v) is 2.75. The van der Waals surface area contributed by atoms with Crippen molar-refractivity contribution in [1.82, 2.24) is 20.0 Å². The van der Waals surface area contributed by atoms with Gasteiger partial charge in [0.05, 0.1) is 12.3 Å². The number of nitrogens with zero attached hydrogens (tertiary/aromatic N) is 3. The summed E-state index contributed by atoms with van der Waals surface area (Å²) < 4.78 is 1.91. The Morgan fingerprint density at radius 1 is 1.67 bits per heavy atom. The predicted molar refractivity (Wildman–Crippen MR) is 71.3 cm³/mol. The summed E-state index contributed by atoms with van der Waals surface area (Å²) in [5.74, 6) is 0. The molecule has 0 spiro atoms. The normalized spacial score (nSPS) is 21.7. The molecule has 2 rings (SSSR count). The Kier molecular flexibility index (Phi) is 4.74. The summed E-state index contributed by atoms with van der Waals surface area (Å²) in [5.41, 5.74) is 1.20. The van der Waals surface area contributed by atoms with Gasteiger partial charge in [0.2, 0.25) is 0 Å². The van der Waals surface area contributed by atoms with E-state index < -0.39 is 0 Å². The van der Waals surface area contributed by atoms with Gasteiger partial charge in [0.15, 0.2) is 0 Å². The van der Waals surface area contributed by atoms with E-state index in [1.165, 1.54) is 18.5 Å². The van der Waals surface area contributed by atoms with Crippen molar-refractivity contribution in [3.63, 3.8) is 0 Å². The van der Waals surface area contributed by atoms with Crippen LogP contribution in [0.5, 0.6) is 0 Å². The summed E-state index contributed by atoms with van der Waals surface area (Å²) in [7, 11) is 1.97. The average Bonchev–Trinajstić information content (AvgIpc) is 2.99. The van der Waals surface area contributed by atoms with Crippen LogP contribution in [0.1, 0.15) is 31.5 Å². The van der Waals surface area contributed by atoms with E-state index in [0.717, 1.165) is 13.1 Å². The molecule has 5 nitrogen and oxygen atoms in total. The van der Waals surface area contributed by atoms with Crippen LogP contribution in [0.15, 0.2) is 12.3 Å². The summed E-state index contributed by atoms with van der Waals surface area (Å²) in [6.45, 7) is 5.21. The van der Waals surface area contributed by atoms with Crippen molar-refractivity contribution in [1.29, 1.82) is 0 Å². The van der Waals surface area contributed by atoms with Crippen molar-refractivity contribution in [2.75, 3.05) is 26.2 Å². The van der Waals surface area contributed by atoms with Gasteiger partial charge in [-0.25, -0.2) is 0 Å². The average molecular weight is 252 g/mol. The second kappa shape index (κ2) is 6.31. The topological polar surface area (TPSA) is 53.3 Å². The van der Waals surface area contributed by atoms with Crippen molar-refractivity contribution in [3.8, 4) is 0 Å².